The molecule has 0 aliphatic carbocycles. The van der Waals surface area contributed by atoms with Gasteiger partial charge in [0, 0.05) is 23.8 Å². The first-order chi connectivity index (χ1) is 8.06. The fourth-order valence-electron chi connectivity index (χ4n) is 1.43. The van der Waals surface area contributed by atoms with E-state index in [4.69, 9.17) is 22.1 Å². The number of rotatable bonds is 3. The molecule has 0 bridgehead atoms. The Balaban J connectivity index is 2.14. The first kappa shape index (κ1) is 12.3. The molecule has 0 amide bonds. The molecule has 0 fully saturated rings. The molecular weight excluding hydrogens is 305 g/mol. The number of halogens is 2. The molecule has 4 nitrogen and oxygen atoms in total. The molecular formula is C11H11BrClN3O. The van der Waals surface area contributed by atoms with Crippen LogP contribution < -0.4 is 10.5 Å². The second-order valence-electron chi connectivity index (χ2n) is 3.62. The maximum atomic E-state index is 5.86. The summed E-state index contributed by atoms with van der Waals surface area (Å²) in [6.45, 7) is 0.415. The fourth-order valence-corrected chi connectivity index (χ4v) is 2.38. The van der Waals surface area contributed by atoms with E-state index in [1.807, 2.05) is 13.2 Å². The summed E-state index contributed by atoms with van der Waals surface area (Å²) >= 11 is 9.23. The zero-order valence-corrected chi connectivity index (χ0v) is 11.5. The van der Waals surface area contributed by atoms with Crippen molar-refractivity contribution >= 4 is 33.2 Å². The predicted molar refractivity (Wildman–Crippen MR) is 71.1 cm³/mol. The van der Waals surface area contributed by atoms with E-state index >= 15 is 0 Å². The molecule has 2 aromatic rings. The van der Waals surface area contributed by atoms with Gasteiger partial charge in [-0.3, -0.25) is 4.68 Å². The van der Waals surface area contributed by atoms with Crippen LogP contribution in [0.4, 0.5) is 5.69 Å². The Kier molecular flexibility index (Phi) is 3.59. The van der Waals surface area contributed by atoms with E-state index in [0.717, 1.165) is 10.0 Å². The number of hydrogen-bond acceptors (Lipinski definition) is 3. The summed E-state index contributed by atoms with van der Waals surface area (Å²) in [7, 11) is 1.86. The number of benzene rings is 1. The smallest absolute Gasteiger partial charge is 0.156 e. The highest BCUT2D eigenvalue weighted by atomic mass is 79.9. The quantitative estimate of drug-likeness (QED) is 0.886. The van der Waals surface area contributed by atoms with Gasteiger partial charge < -0.3 is 10.5 Å². The van der Waals surface area contributed by atoms with Crippen molar-refractivity contribution in [2.24, 2.45) is 7.05 Å². The molecule has 1 heterocycles. The third kappa shape index (κ3) is 2.92. The summed E-state index contributed by atoms with van der Waals surface area (Å²) in [4.78, 5) is 0. The number of hydrogen-bond donors (Lipinski definition) is 1. The maximum Gasteiger partial charge on any atom is 0.156 e. The van der Waals surface area contributed by atoms with Gasteiger partial charge in [0.15, 0.2) is 5.75 Å². The van der Waals surface area contributed by atoms with Crippen LogP contribution in [0.25, 0.3) is 0 Å². The van der Waals surface area contributed by atoms with Gasteiger partial charge in [0.05, 0.1) is 16.4 Å². The number of anilines is 1. The topological polar surface area (TPSA) is 53.1 Å². The molecule has 2 N–H and O–H groups in total. The number of nitrogens with zero attached hydrogens (tertiary/aromatic N) is 2. The minimum atomic E-state index is 0.415. The third-order valence-corrected chi connectivity index (χ3v) is 2.99. The van der Waals surface area contributed by atoms with Crippen molar-refractivity contribution in [3.63, 3.8) is 0 Å². The second-order valence-corrected chi connectivity index (χ2v) is 4.91. The highest BCUT2D eigenvalue weighted by Crippen LogP contribution is 2.34. The molecule has 0 saturated carbocycles. The summed E-state index contributed by atoms with van der Waals surface area (Å²) < 4.78 is 8.10. The molecule has 0 aliphatic heterocycles. The molecule has 0 aliphatic rings. The van der Waals surface area contributed by atoms with Gasteiger partial charge in [0.2, 0.25) is 0 Å². The zero-order valence-electron chi connectivity index (χ0n) is 9.15. The van der Waals surface area contributed by atoms with Crippen molar-refractivity contribution in [3.05, 3.63) is 39.6 Å². The van der Waals surface area contributed by atoms with E-state index < -0.39 is 0 Å². The SMILES string of the molecule is Cn1cc(COc2c(N)cc(Cl)cc2Br)cn1. The average molecular weight is 317 g/mol. The van der Waals surface area contributed by atoms with Gasteiger partial charge in [-0.25, -0.2) is 0 Å². The van der Waals surface area contributed by atoms with Crippen molar-refractivity contribution in [1.82, 2.24) is 9.78 Å². The molecule has 2 rings (SSSR count). The normalized spacial score (nSPS) is 10.5. The van der Waals surface area contributed by atoms with E-state index in [2.05, 4.69) is 21.0 Å². The van der Waals surface area contributed by atoms with Crippen molar-refractivity contribution in [2.45, 2.75) is 6.61 Å². The summed E-state index contributed by atoms with van der Waals surface area (Å²) in [5, 5.41) is 4.63. The summed E-state index contributed by atoms with van der Waals surface area (Å²) in [6, 6.07) is 3.40. The lowest BCUT2D eigenvalue weighted by Gasteiger charge is -2.10. The lowest BCUT2D eigenvalue weighted by molar-refractivity contribution is 0.306. The molecule has 0 unspecified atom stereocenters. The van der Waals surface area contributed by atoms with Crippen LogP contribution in [0.3, 0.4) is 0 Å². The van der Waals surface area contributed by atoms with Gasteiger partial charge in [-0.2, -0.15) is 5.10 Å². The van der Waals surface area contributed by atoms with Crippen LogP contribution in [0.5, 0.6) is 5.75 Å². The van der Waals surface area contributed by atoms with Gasteiger partial charge >= 0.3 is 0 Å². The number of nitrogen functional groups attached to an aromatic ring is 1. The van der Waals surface area contributed by atoms with Crippen molar-refractivity contribution in [1.29, 1.82) is 0 Å². The Morgan fingerprint density at radius 3 is 2.88 bits per heavy atom. The Labute approximate surface area is 112 Å². The third-order valence-electron chi connectivity index (χ3n) is 2.18. The lowest BCUT2D eigenvalue weighted by atomic mass is 10.3. The summed E-state index contributed by atoms with van der Waals surface area (Å²) in [6.07, 6.45) is 3.64. The molecule has 0 spiro atoms. The predicted octanol–water partition coefficient (Wildman–Crippen LogP) is 3.00. The van der Waals surface area contributed by atoms with E-state index in [1.165, 1.54) is 0 Å². The van der Waals surface area contributed by atoms with E-state index in [0.29, 0.717) is 23.1 Å². The van der Waals surface area contributed by atoms with Crippen LogP contribution in [0.1, 0.15) is 5.56 Å². The van der Waals surface area contributed by atoms with Gasteiger partial charge in [-0.15, -0.1) is 0 Å². The van der Waals surface area contributed by atoms with E-state index in [-0.39, 0.29) is 0 Å². The second kappa shape index (κ2) is 4.98. The first-order valence-corrected chi connectivity index (χ1v) is 6.08. The Bertz CT molecular complexity index is 518. The molecule has 90 valence electrons. The van der Waals surface area contributed by atoms with Gasteiger partial charge in [0.25, 0.3) is 0 Å². The highest BCUT2D eigenvalue weighted by molar-refractivity contribution is 9.10. The minimum Gasteiger partial charge on any atom is -0.485 e. The number of aromatic nitrogens is 2. The molecule has 1 aromatic heterocycles. The van der Waals surface area contributed by atoms with Crippen LogP contribution >= 0.6 is 27.5 Å². The van der Waals surface area contributed by atoms with Crippen molar-refractivity contribution in [2.75, 3.05) is 5.73 Å². The number of aryl methyl sites for hydroxylation is 1. The maximum absolute atomic E-state index is 5.86. The van der Waals surface area contributed by atoms with Gasteiger partial charge in [-0.1, -0.05) is 11.6 Å². The fraction of sp³-hybridized carbons (Fsp3) is 0.182. The van der Waals surface area contributed by atoms with Crippen LogP contribution in [0, 0.1) is 0 Å². The zero-order chi connectivity index (χ0) is 12.4. The summed E-state index contributed by atoms with van der Waals surface area (Å²) in [5.74, 6) is 0.596. The van der Waals surface area contributed by atoms with Crippen molar-refractivity contribution < 1.29 is 4.74 Å². The van der Waals surface area contributed by atoms with E-state index in [1.54, 1.807) is 23.0 Å². The van der Waals surface area contributed by atoms with Crippen LogP contribution in [0.15, 0.2) is 29.0 Å². The number of ether oxygens (including phenoxy) is 1. The van der Waals surface area contributed by atoms with Gasteiger partial charge in [0.1, 0.15) is 6.61 Å². The summed E-state index contributed by atoms with van der Waals surface area (Å²) in [5.41, 5.74) is 7.32. The standard InChI is InChI=1S/C11H11BrClN3O/c1-16-5-7(4-15-16)6-17-11-9(12)2-8(13)3-10(11)14/h2-5H,6,14H2,1H3. The average Bonchev–Trinajstić information content (AvgIpc) is 2.62. The molecule has 0 radical (unpaired) electrons. The van der Waals surface area contributed by atoms with Gasteiger partial charge in [-0.05, 0) is 28.1 Å². The molecule has 17 heavy (non-hydrogen) atoms. The Hall–Kier alpha value is -1.20. The van der Waals surface area contributed by atoms with Crippen LogP contribution in [0.2, 0.25) is 5.02 Å². The Morgan fingerprint density at radius 1 is 1.53 bits per heavy atom. The Morgan fingerprint density at radius 2 is 2.29 bits per heavy atom. The molecule has 0 saturated heterocycles. The molecule has 0 atom stereocenters. The minimum absolute atomic E-state index is 0.415. The van der Waals surface area contributed by atoms with Crippen LogP contribution in [-0.4, -0.2) is 9.78 Å². The molecule has 1 aromatic carbocycles. The number of nitrogens with two attached hydrogens (primary N) is 1. The largest absolute Gasteiger partial charge is 0.485 e. The monoisotopic (exact) mass is 315 g/mol. The highest BCUT2D eigenvalue weighted by Gasteiger charge is 2.08. The van der Waals surface area contributed by atoms with E-state index in [9.17, 15) is 0 Å². The lowest BCUT2D eigenvalue weighted by Crippen LogP contribution is -1.99. The first-order valence-electron chi connectivity index (χ1n) is 4.91. The van der Waals surface area contributed by atoms with Crippen LogP contribution in [-0.2, 0) is 13.7 Å². The van der Waals surface area contributed by atoms with Crippen molar-refractivity contribution in [3.8, 4) is 5.75 Å². The molecule has 6 heteroatoms.